The fraction of sp³-hybridized carbons (Fsp3) is 0.500. The van der Waals surface area contributed by atoms with Crippen LogP contribution in [0.3, 0.4) is 0 Å². The van der Waals surface area contributed by atoms with Gasteiger partial charge in [0.1, 0.15) is 0 Å². The lowest BCUT2D eigenvalue weighted by Gasteiger charge is -2.16. The van der Waals surface area contributed by atoms with Crippen LogP contribution in [-0.2, 0) is 4.79 Å². The van der Waals surface area contributed by atoms with Crippen molar-refractivity contribution < 1.29 is 9.90 Å². The van der Waals surface area contributed by atoms with Gasteiger partial charge in [-0.2, -0.15) is 0 Å². The number of hydrogen-bond acceptors (Lipinski definition) is 2. The zero-order valence-electron chi connectivity index (χ0n) is 10.4. The molecule has 1 aromatic rings. The summed E-state index contributed by atoms with van der Waals surface area (Å²) >= 11 is 0. The van der Waals surface area contributed by atoms with Gasteiger partial charge in [-0.25, -0.2) is 0 Å². The summed E-state index contributed by atoms with van der Waals surface area (Å²) in [7, 11) is 0. The molecule has 0 saturated heterocycles. The highest BCUT2D eigenvalue weighted by Gasteiger charge is 2.18. The Morgan fingerprint density at radius 2 is 2.06 bits per heavy atom. The van der Waals surface area contributed by atoms with Crippen molar-refractivity contribution in [1.82, 2.24) is 5.32 Å². The lowest BCUT2D eigenvalue weighted by Crippen LogP contribution is -2.30. The van der Waals surface area contributed by atoms with Crippen LogP contribution in [0, 0.1) is 0 Å². The largest absolute Gasteiger partial charge is 0.396 e. The lowest BCUT2D eigenvalue weighted by atomic mass is 9.93. The first kappa shape index (κ1) is 13.7. The summed E-state index contributed by atoms with van der Waals surface area (Å²) < 4.78 is 0. The van der Waals surface area contributed by atoms with Gasteiger partial charge in [0, 0.05) is 13.2 Å². The third-order valence-electron chi connectivity index (χ3n) is 2.73. The second kappa shape index (κ2) is 7.85. The minimum absolute atomic E-state index is 0.0616. The summed E-state index contributed by atoms with van der Waals surface area (Å²) in [4.78, 5) is 12.0. The second-order valence-corrected chi connectivity index (χ2v) is 4.12. The van der Waals surface area contributed by atoms with Crippen LogP contribution in [0.25, 0.3) is 0 Å². The van der Waals surface area contributed by atoms with E-state index in [0.29, 0.717) is 13.0 Å². The van der Waals surface area contributed by atoms with Crippen molar-refractivity contribution in [3.8, 4) is 0 Å². The number of carbonyl (C=O) groups excluding carboxylic acids is 1. The van der Waals surface area contributed by atoms with Crippen molar-refractivity contribution in [2.24, 2.45) is 0 Å². The van der Waals surface area contributed by atoms with E-state index in [9.17, 15) is 4.79 Å². The number of aliphatic hydroxyl groups is 1. The molecular formula is C14H21NO2. The zero-order valence-corrected chi connectivity index (χ0v) is 10.4. The molecule has 1 rings (SSSR count). The van der Waals surface area contributed by atoms with Crippen molar-refractivity contribution in [2.45, 2.75) is 32.1 Å². The summed E-state index contributed by atoms with van der Waals surface area (Å²) in [5.74, 6) is -0.00797. The van der Waals surface area contributed by atoms with Crippen LogP contribution < -0.4 is 5.32 Å². The molecule has 0 spiro atoms. The Kier molecular flexibility index (Phi) is 6.33. The van der Waals surface area contributed by atoms with Crippen molar-refractivity contribution in [1.29, 1.82) is 0 Å². The van der Waals surface area contributed by atoms with E-state index >= 15 is 0 Å². The molecule has 0 aromatic heterocycles. The minimum atomic E-state index is -0.0695. The standard InChI is InChI=1S/C14H21NO2/c1-2-7-13(12-8-4-3-5-9-12)14(17)15-10-6-11-16/h3-5,8-9,13,16H,2,6-7,10-11H2,1H3,(H,15,17). The van der Waals surface area contributed by atoms with Crippen molar-refractivity contribution in [3.63, 3.8) is 0 Å². The van der Waals surface area contributed by atoms with Crippen LogP contribution in [-0.4, -0.2) is 24.2 Å². The van der Waals surface area contributed by atoms with Gasteiger partial charge in [-0.05, 0) is 18.4 Å². The molecule has 3 nitrogen and oxygen atoms in total. The van der Waals surface area contributed by atoms with Crippen molar-refractivity contribution >= 4 is 5.91 Å². The molecule has 94 valence electrons. The van der Waals surface area contributed by atoms with Crippen LogP contribution in [0.5, 0.6) is 0 Å². The average Bonchev–Trinajstić information content (AvgIpc) is 2.37. The highest BCUT2D eigenvalue weighted by molar-refractivity contribution is 5.83. The first-order valence-electron chi connectivity index (χ1n) is 6.23. The third-order valence-corrected chi connectivity index (χ3v) is 2.73. The van der Waals surface area contributed by atoms with Crippen LogP contribution >= 0.6 is 0 Å². The van der Waals surface area contributed by atoms with Gasteiger partial charge in [0.05, 0.1) is 5.92 Å². The van der Waals surface area contributed by atoms with Gasteiger partial charge in [-0.3, -0.25) is 4.79 Å². The van der Waals surface area contributed by atoms with Gasteiger partial charge < -0.3 is 10.4 Å². The van der Waals surface area contributed by atoms with Gasteiger partial charge in [-0.1, -0.05) is 43.7 Å². The number of benzene rings is 1. The first-order chi connectivity index (χ1) is 8.29. The quantitative estimate of drug-likeness (QED) is 0.711. The molecule has 3 heteroatoms. The summed E-state index contributed by atoms with van der Waals surface area (Å²) in [5.41, 5.74) is 1.07. The molecule has 0 aliphatic heterocycles. The molecule has 17 heavy (non-hydrogen) atoms. The fourth-order valence-corrected chi connectivity index (χ4v) is 1.84. The minimum Gasteiger partial charge on any atom is -0.396 e. The summed E-state index contributed by atoms with van der Waals surface area (Å²) in [5, 5.41) is 11.6. The van der Waals surface area contributed by atoms with Gasteiger partial charge in [0.2, 0.25) is 5.91 Å². The Labute approximate surface area is 103 Å². The Balaban J connectivity index is 2.62. The van der Waals surface area contributed by atoms with E-state index in [1.165, 1.54) is 0 Å². The zero-order chi connectivity index (χ0) is 12.5. The Hall–Kier alpha value is -1.35. The predicted molar refractivity (Wildman–Crippen MR) is 68.8 cm³/mol. The maximum absolute atomic E-state index is 12.0. The van der Waals surface area contributed by atoms with E-state index in [-0.39, 0.29) is 18.4 Å². The third kappa shape index (κ3) is 4.57. The van der Waals surface area contributed by atoms with Crippen LogP contribution in [0.4, 0.5) is 0 Å². The molecule has 1 aromatic carbocycles. The maximum Gasteiger partial charge on any atom is 0.227 e. The number of amides is 1. The summed E-state index contributed by atoms with van der Waals surface area (Å²) in [6.45, 7) is 2.74. The monoisotopic (exact) mass is 235 g/mol. The van der Waals surface area contributed by atoms with E-state index in [0.717, 1.165) is 18.4 Å². The molecule has 2 N–H and O–H groups in total. The second-order valence-electron chi connectivity index (χ2n) is 4.12. The predicted octanol–water partition coefficient (Wildman–Crippen LogP) is 2.07. The topological polar surface area (TPSA) is 49.3 Å². The lowest BCUT2D eigenvalue weighted by molar-refractivity contribution is -0.122. The Morgan fingerprint density at radius 3 is 2.65 bits per heavy atom. The molecule has 0 bridgehead atoms. The number of rotatable bonds is 7. The highest BCUT2D eigenvalue weighted by Crippen LogP contribution is 2.21. The molecular weight excluding hydrogens is 214 g/mol. The van der Waals surface area contributed by atoms with Gasteiger partial charge >= 0.3 is 0 Å². The molecule has 0 aliphatic carbocycles. The highest BCUT2D eigenvalue weighted by atomic mass is 16.3. The van der Waals surface area contributed by atoms with Crippen molar-refractivity contribution in [2.75, 3.05) is 13.2 Å². The first-order valence-corrected chi connectivity index (χ1v) is 6.23. The molecule has 1 unspecified atom stereocenters. The number of hydrogen-bond donors (Lipinski definition) is 2. The Morgan fingerprint density at radius 1 is 1.35 bits per heavy atom. The molecule has 0 aliphatic rings. The molecule has 0 fully saturated rings. The van der Waals surface area contributed by atoms with E-state index < -0.39 is 0 Å². The van der Waals surface area contributed by atoms with Gasteiger partial charge in [0.15, 0.2) is 0 Å². The van der Waals surface area contributed by atoms with Crippen LogP contribution in [0.15, 0.2) is 30.3 Å². The molecule has 1 atom stereocenters. The average molecular weight is 235 g/mol. The molecule has 0 heterocycles. The number of carbonyl (C=O) groups is 1. The molecule has 0 radical (unpaired) electrons. The Bertz CT molecular complexity index is 324. The fourth-order valence-electron chi connectivity index (χ4n) is 1.84. The summed E-state index contributed by atoms with van der Waals surface area (Å²) in [6.07, 6.45) is 2.45. The van der Waals surface area contributed by atoms with E-state index in [4.69, 9.17) is 5.11 Å². The van der Waals surface area contributed by atoms with E-state index in [1.807, 2.05) is 30.3 Å². The number of nitrogens with one attached hydrogen (secondary N) is 1. The molecule has 0 saturated carbocycles. The van der Waals surface area contributed by atoms with Gasteiger partial charge in [-0.15, -0.1) is 0 Å². The van der Waals surface area contributed by atoms with Crippen LogP contribution in [0.2, 0.25) is 0 Å². The SMILES string of the molecule is CCCC(C(=O)NCCCO)c1ccccc1. The number of aliphatic hydroxyl groups excluding tert-OH is 1. The summed E-state index contributed by atoms with van der Waals surface area (Å²) in [6, 6.07) is 9.85. The smallest absolute Gasteiger partial charge is 0.227 e. The van der Waals surface area contributed by atoms with E-state index in [2.05, 4.69) is 12.2 Å². The maximum atomic E-state index is 12.0. The van der Waals surface area contributed by atoms with E-state index in [1.54, 1.807) is 0 Å². The van der Waals surface area contributed by atoms with Crippen molar-refractivity contribution in [3.05, 3.63) is 35.9 Å². The molecule has 1 amide bonds. The van der Waals surface area contributed by atoms with Gasteiger partial charge in [0.25, 0.3) is 0 Å². The van der Waals surface area contributed by atoms with Crippen LogP contribution in [0.1, 0.15) is 37.7 Å². The normalized spacial score (nSPS) is 12.1.